The molecular formula is C20H16ClNO4S2. The average molecular weight is 434 g/mol. The smallest absolute Gasteiger partial charge is 0.341 e. The van der Waals surface area contributed by atoms with Crippen LogP contribution in [0.2, 0.25) is 5.02 Å². The number of hydrogen-bond acceptors (Lipinski definition) is 5. The normalized spacial score (nSPS) is 15.4. The molecule has 0 saturated carbocycles. The van der Waals surface area contributed by atoms with Gasteiger partial charge in [0.1, 0.15) is 10.1 Å². The lowest BCUT2D eigenvalue weighted by atomic mass is 10.1. The summed E-state index contributed by atoms with van der Waals surface area (Å²) in [6.07, 6.45) is 1.71. The van der Waals surface area contributed by atoms with Gasteiger partial charge in [0.2, 0.25) is 0 Å². The van der Waals surface area contributed by atoms with E-state index in [0.717, 1.165) is 11.1 Å². The highest BCUT2D eigenvalue weighted by molar-refractivity contribution is 8.26. The molecule has 2 aromatic carbocycles. The number of nitrogens with zero attached hydrogens (tertiary/aromatic N) is 1. The van der Waals surface area contributed by atoms with E-state index in [1.807, 2.05) is 31.2 Å². The molecule has 3 rings (SSSR count). The van der Waals surface area contributed by atoms with Crippen molar-refractivity contribution in [1.82, 2.24) is 4.90 Å². The van der Waals surface area contributed by atoms with Gasteiger partial charge in [-0.1, -0.05) is 71.5 Å². The molecule has 1 heterocycles. The molecule has 2 aromatic rings. The molecule has 0 aliphatic carbocycles. The van der Waals surface area contributed by atoms with Crippen LogP contribution in [0, 0.1) is 6.92 Å². The van der Waals surface area contributed by atoms with Gasteiger partial charge in [-0.25, -0.2) is 4.79 Å². The SMILES string of the molecule is Cc1ccc(CN2C(=O)C(=Cc3ccc(OCC(=O)O)c(Cl)c3)SC2=S)cc1. The summed E-state index contributed by atoms with van der Waals surface area (Å²) in [4.78, 5) is 25.4. The van der Waals surface area contributed by atoms with E-state index >= 15 is 0 Å². The molecule has 0 bridgehead atoms. The summed E-state index contributed by atoms with van der Waals surface area (Å²) in [6.45, 7) is 1.96. The van der Waals surface area contributed by atoms with Gasteiger partial charge < -0.3 is 9.84 Å². The highest BCUT2D eigenvalue weighted by Gasteiger charge is 2.32. The van der Waals surface area contributed by atoms with Crippen molar-refractivity contribution in [2.75, 3.05) is 6.61 Å². The van der Waals surface area contributed by atoms with Crippen LogP contribution in [-0.2, 0) is 16.1 Å². The molecule has 0 radical (unpaired) electrons. The van der Waals surface area contributed by atoms with E-state index < -0.39 is 12.6 Å². The number of carboxylic acid groups (broad SMARTS) is 1. The van der Waals surface area contributed by atoms with Crippen LogP contribution in [-0.4, -0.2) is 32.8 Å². The van der Waals surface area contributed by atoms with Gasteiger partial charge >= 0.3 is 5.97 Å². The Bertz CT molecular complexity index is 973. The summed E-state index contributed by atoms with van der Waals surface area (Å²) >= 11 is 12.7. The van der Waals surface area contributed by atoms with Gasteiger partial charge in [-0.3, -0.25) is 9.69 Å². The van der Waals surface area contributed by atoms with Crippen LogP contribution in [0.25, 0.3) is 6.08 Å². The lowest BCUT2D eigenvalue weighted by Gasteiger charge is -2.14. The molecule has 1 amide bonds. The van der Waals surface area contributed by atoms with Crippen molar-refractivity contribution in [2.24, 2.45) is 0 Å². The largest absolute Gasteiger partial charge is 0.480 e. The molecular weight excluding hydrogens is 418 g/mol. The Morgan fingerprint density at radius 2 is 2.00 bits per heavy atom. The minimum atomic E-state index is -1.09. The first-order valence-corrected chi connectivity index (χ1v) is 9.89. The number of amides is 1. The number of ether oxygens (including phenoxy) is 1. The Morgan fingerprint density at radius 1 is 1.29 bits per heavy atom. The molecule has 1 N–H and O–H groups in total. The zero-order valence-electron chi connectivity index (χ0n) is 14.8. The first kappa shape index (κ1) is 20.4. The average Bonchev–Trinajstić information content (AvgIpc) is 2.90. The van der Waals surface area contributed by atoms with Gasteiger partial charge in [0.15, 0.2) is 6.61 Å². The summed E-state index contributed by atoms with van der Waals surface area (Å²) in [5.41, 5.74) is 2.86. The van der Waals surface area contributed by atoms with Crippen LogP contribution in [0.4, 0.5) is 0 Å². The highest BCUT2D eigenvalue weighted by atomic mass is 35.5. The maximum atomic E-state index is 12.7. The molecule has 1 aliphatic rings. The summed E-state index contributed by atoms with van der Waals surface area (Å²) in [5.74, 6) is -0.969. The third-order valence-electron chi connectivity index (χ3n) is 3.94. The fourth-order valence-electron chi connectivity index (χ4n) is 2.53. The molecule has 0 spiro atoms. The second-order valence-electron chi connectivity index (χ2n) is 6.13. The zero-order chi connectivity index (χ0) is 20.3. The minimum Gasteiger partial charge on any atom is -0.480 e. The fraction of sp³-hybridized carbons (Fsp3) is 0.150. The van der Waals surface area contributed by atoms with Crippen molar-refractivity contribution >= 4 is 57.9 Å². The standard InChI is InChI=1S/C20H16ClNO4S2/c1-12-2-4-13(5-3-12)10-22-19(25)17(28-20(22)27)9-14-6-7-16(15(21)8-14)26-11-18(23)24/h2-9H,10-11H2,1H3,(H,23,24). The number of benzene rings is 2. The fourth-order valence-corrected chi connectivity index (χ4v) is 4.03. The van der Waals surface area contributed by atoms with Crippen molar-refractivity contribution in [3.8, 4) is 5.75 Å². The number of carbonyl (C=O) groups is 2. The van der Waals surface area contributed by atoms with Gasteiger partial charge in [-0.05, 0) is 36.3 Å². The molecule has 1 saturated heterocycles. The topological polar surface area (TPSA) is 66.8 Å². The molecule has 5 nitrogen and oxygen atoms in total. The third-order valence-corrected chi connectivity index (χ3v) is 5.61. The summed E-state index contributed by atoms with van der Waals surface area (Å²) in [6, 6.07) is 12.9. The number of halogens is 1. The van der Waals surface area contributed by atoms with Gasteiger partial charge in [0.25, 0.3) is 5.91 Å². The summed E-state index contributed by atoms with van der Waals surface area (Å²) in [5, 5.41) is 8.94. The van der Waals surface area contributed by atoms with Crippen LogP contribution in [0.5, 0.6) is 5.75 Å². The molecule has 0 atom stereocenters. The lowest BCUT2D eigenvalue weighted by molar-refractivity contribution is -0.139. The van der Waals surface area contributed by atoms with Gasteiger partial charge in [0.05, 0.1) is 16.5 Å². The Kier molecular flexibility index (Phi) is 6.39. The first-order valence-electron chi connectivity index (χ1n) is 8.28. The van der Waals surface area contributed by atoms with Crippen LogP contribution >= 0.6 is 35.6 Å². The maximum absolute atomic E-state index is 12.7. The lowest BCUT2D eigenvalue weighted by Crippen LogP contribution is -2.27. The molecule has 144 valence electrons. The summed E-state index contributed by atoms with van der Waals surface area (Å²) in [7, 11) is 0. The van der Waals surface area contributed by atoms with E-state index in [0.29, 0.717) is 21.3 Å². The molecule has 0 unspecified atom stereocenters. The number of aliphatic carboxylic acids is 1. The maximum Gasteiger partial charge on any atom is 0.341 e. The Labute approximate surface area is 176 Å². The van der Waals surface area contributed by atoms with Crippen LogP contribution < -0.4 is 4.74 Å². The second kappa shape index (κ2) is 8.77. The number of carbonyl (C=O) groups excluding carboxylic acids is 1. The number of rotatable bonds is 6. The second-order valence-corrected chi connectivity index (χ2v) is 8.21. The highest BCUT2D eigenvalue weighted by Crippen LogP contribution is 2.35. The molecule has 28 heavy (non-hydrogen) atoms. The van der Waals surface area contributed by atoms with Crippen molar-refractivity contribution in [2.45, 2.75) is 13.5 Å². The van der Waals surface area contributed by atoms with E-state index in [2.05, 4.69) is 0 Å². The van der Waals surface area contributed by atoms with E-state index in [1.165, 1.54) is 11.8 Å². The third kappa shape index (κ3) is 4.92. The van der Waals surface area contributed by atoms with Crippen LogP contribution in [0.15, 0.2) is 47.4 Å². The molecule has 8 heteroatoms. The molecule has 1 fully saturated rings. The van der Waals surface area contributed by atoms with Gasteiger partial charge in [-0.2, -0.15) is 0 Å². The van der Waals surface area contributed by atoms with E-state index in [4.69, 9.17) is 33.7 Å². The number of carboxylic acids is 1. The van der Waals surface area contributed by atoms with Crippen LogP contribution in [0.3, 0.4) is 0 Å². The van der Waals surface area contributed by atoms with Crippen molar-refractivity contribution in [1.29, 1.82) is 0 Å². The minimum absolute atomic E-state index is 0.155. The van der Waals surface area contributed by atoms with Gasteiger partial charge in [0, 0.05) is 0 Å². The first-order chi connectivity index (χ1) is 13.3. The van der Waals surface area contributed by atoms with E-state index in [1.54, 1.807) is 29.2 Å². The Morgan fingerprint density at radius 3 is 2.64 bits per heavy atom. The quantitative estimate of drug-likeness (QED) is 0.534. The van der Waals surface area contributed by atoms with E-state index in [-0.39, 0.29) is 16.7 Å². The number of thiocarbonyl (C=S) groups is 1. The van der Waals surface area contributed by atoms with Crippen molar-refractivity contribution in [3.63, 3.8) is 0 Å². The number of hydrogen-bond donors (Lipinski definition) is 1. The van der Waals surface area contributed by atoms with Crippen molar-refractivity contribution < 1.29 is 19.4 Å². The Balaban J connectivity index is 1.75. The molecule has 0 aromatic heterocycles. The van der Waals surface area contributed by atoms with Crippen molar-refractivity contribution in [3.05, 3.63) is 69.1 Å². The predicted octanol–water partition coefficient (Wildman–Crippen LogP) is 4.51. The van der Waals surface area contributed by atoms with Gasteiger partial charge in [-0.15, -0.1) is 0 Å². The number of thioether (sulfide) groups is 1. The monoisotopic (exact) mass is 433 g/mol. The zero-order valence-corrected chi connectivity index (χ0v) is 17.2. The predicted molar refractivity (Wildman–Crippen MR) is 114 cm³/mol. The Hall–Kier alpha value is -2.35. The summed E-state index contributed by atoms with van der Waals surface area (Å²) < 4.78 is 5.60. The van der Waals surface area contributed by atoms with E-state index in [9.17, 15) is 9.59 Å². The molecule has 1 aliphatic heterocycles. The number of aryl methyl sites for hydroxylation is 1. The van der Waals surface area contributed by atoms with Crippen LogP contribution in [0.1, 0.15) is 16.7 Å².